The zero-order valence-corrected chi connectivity index (χ0v) is 25.3. The molecule has 5 heteroatoms. The predicted molar refractivity (Wildman–Crippen MR) is 142 cm³/mol. The molecule has 0 aliphatic carbocycles. The Morgan fingerprint density at radius 2 is 1.12 bits per heavy atom. The molecule has 0 N–H and O–H groups in total. The third kappa shape index (κ3) is 31.5. The number of carbonyl (C=O) groups is 2. The summed E-state index contributed by atoms with van der Waals surface area (Å²) in [4.78, 5) is 21.2. The molecule has 0 fully saturated rings. The van der Waals surface area contributed by atoms with E-state index in [1.165, 1.54) is 89.7 Å². The van der Waals surface area contributed by atoms with Crippen molar-refractivity contribution in [2.24, 2.45) is 0 Å². The van der Waals surface area contributed by atoms with Crippen LogP contribution in [0.2, 0.25) is 13.3 Å². The Morgan fingerprint density at radius 1 is 0.667 bits per heavy atom. The SMILES string of the molecule is CCCCCCCCCCC=COC(=O)CCC(=O)[O-].CCC[CH2][Sn+]([CH2]CCC)[CH2]CCC. The van der Waals surface area contributed by atoms with Crippen LogP contribution in [0.4, 0.5) is 0 Å². The van der Waals surface area contributed by atoms with E-state index in [0.717, 1.165) is 12.8 Å². The summed E-state index contributed by atoms with van der Waals surface area (Å²) < 4.78 is 9.79. The van der Waals surface area contributed by atoms with E-state index in [-0.39, 0.29) is 12.8 Å². The molecule has 0 atom stereocenters. The number of allylic oxidation sites excluding steroid dienone is 1. The first-order valence-corrected chi connectivity index (χ1v) is 19.9. The quantitative estimate of drug-likeness (QED) is 0.0570. The molecule has 0 spiro atoms. The molecule has 0 rings (SSSR count). The molecule has 33 heavy (non-hydrogen) atoms. The van der Waals surface area contributed by atoms with Gasteiger partial charge >= 0.3 is 98.3 Å². The number of hydrogen-bond acceptors (Lipinski definition) is 4. The third-order valence-electron chi connectivity index (χ3n) is 5.70. The van der Waals surface area contributed by atoms with Gasteiger partial charge in [-0.05, 0) is 25.3 Å². The molecule has 0 heterocycles. The van der Waals surface area contributed by atoms with Gasteiger partial charge in [0.15, 0.2) is 0 Å². The predicted octanol–water partition coefficient (Wildman–Crippen LogP) is 7.99. The molecule has 0 aliphatic heterocycles. The fourth-order valence-electron chi connectivity index (χ4n) is 3.51. The summed E-state index contributed by atoms with van der Waals surface area (Å²) in [6.45, 7) is 9.22. The van der Waals surface area contributed by atoms with Gasteiger partial charge in [-0.3, -0.25) is 4.79 Å². The van der Waals surface area contributed by atoms with Crippen molar-refractivity contribution < 1.29 is 19.4 Å². The van der Waals surface area contributed by atoms with E-state index in [1.807, 2.05) is 6.08 Å². The van der Waals surface area contributed by atoms with Crippen LogP contribution in [-0.4, -0.2) is 31.7 Å². The summed E-state index contributed by atoms with van der Waals surface area (Å²) >= 11 is -0.839. The summed E-state index contributed by atoms with van der Waals surface area (Å²) in [5.74, 6) is -1.76. The van der Waals surface area contributed by atoms with Gasteiger partial charge in [0, 0.05) is 5.97 Å². The first-order valence-electron chi connectivity index (χ1n) is 13.9. The van der Waals surface area contributed by atoms with Gasteiger partial charge in [-0.1, -0.05) is 51.9 Å². The minimum absolute atomic E-state index is 0.134. The summed E-state index contributed by atoms with van der Waals surface area (Å²) in [5.41, 5.74) is 0. The van der Waals surface area contributed by atoms with Gasteiger partial charge < -0.3 is 14.6 Å². The standard InChI is InChI=1S/C16H28O4.3C4H9.Sn/c1-2-3-4-5-6-7-8-9-10-11-14-20-16(19)13-12-15(17)18;3*1-3-4-2;/h11,14H,2-10,12-13H2,1H3,(H,17,18);3*1,3-4H2,2H3;/q;;;;+1/p-1. The molecule has 0 unspecified atom stereocenters. The van der Waals surface area contributed by atoms with E-state index in [9.17, 15) is 14.7 Å². The van der Waals surface area contributed by atoms with Gasteiger partial charge in [0.05, 0.1) is 12.7 Å². The number of rotatable bonds is 22. The molecule has 0 amide bonds. The van der Waals surface area contributed by atoms with Crippen LogP contribution in [0.15, 0.2) is 12.3 Å². The Kier molecular flexibility index (Phi) is 31.0. The van der Waals surface area contributed by atoms with E-state index < -0.39 is 31.7 Å². The van der Waals surface area contributed by atoms with Crippen LogP contribution in [0.1, 0.15) is 137 Å². The van der Waals surface area contributed by atoms with E-state index in [2.05, 4.69) is 27.7 Å². The first-order chi connectivity index (χ1) is 16.0. The molecule has 0 aromatic rings. The molecule has 0 aliphatic rings. The van der Waals surface area contributed by atoms with Gasteiger partial charge in [-0.25, -0.2) is 0 Å². The third-order valence-corrected chi connectivity index (χ3v) is 14.8. The molecule has 4 nitrogen and oxygen atoms in total. The first kappa shape index (κ1) is 34.6. The summed E-state index contributed by atoms with van der Waals surface area (Å²) in [6.07, 6.45) is 22.7. The van der Waals surface area contributed by atoms with E-state index in [4.69, 9.17) is 4.74 Å². The second-order valence-corrected chi connectivity index (χ2v) is 17.6. The van der Waals surface area contributed by atoms with Crippen molar-refractivity contribution >= 4 is 31.7 Å². The Balaban J connectivity index is 0. The van der Waals surface area contributed by atoms with Crippen LogP contribution in [0, 0.1) is 0 Å². The molecule has 0 aromatic heterocycles. The van der Waals surface area contributed by atoms with Crippen molar-refractivity contribution in [1.82, 2.24) is 0 Å². The average Bonchev–Trinajstić information content (AvgIpc) is 2.81. The van der Waals surface area contributed by atoms with Gasteiger partial charge in [0.1, 0.15) is 0 Å². The fourth-order valence-corrected chi connectivity index (χ4v) is 13.0. The van der Waals surface area contributed by atoms with Crippen LogP contribution in [0.5, 0.6) is 0 Å². The Hall–Kier alpha value is -0.521. The molecule has 0 bridgehead atoms. The minimum atomic E-state index is -1.23. The maximum absolute atomic E-state index is 11.0. The summed E-state index contributed by atoms with van der Waals surface area (Å²) in [6, 6.07) is 0. The van der Waals surface area contributed by atoms with E-state index >= 15 is 0 Å². The number of carboxylic acids is 1. The molecular weight excluding hydrogens is 519 g/mol. The second-order valence-electron chi connectivity index (χ2n) is 9.06. The maximum atomic E-state index is 11.0. The molecule has 0 saturated heterocycles. The molecule has 0 aromatic carbocycles. The number of ether oxygens (including phenoxy) is 1. The van der Waals surface area contributed by atoms with Gasteiger partial charge in [-0.2, -0.15) is 0 Å². The Labute approximate surface area is 213 Å². The topological polar surface area (TPSA) is 66.4 Å². The molecule has 0 saturated carbocycles. The number of carboxylic acid groups (broad SMARTS) is 1. The normalized spacial score (nSPS) is 10.7. The second kappa shape index (κ2) is 29.5. The number of hydrogen-bond donors (Lipinski definition) is 0. The summed E-state index contributed by atoms with van der Waals surface area (Å²) in [5, 5.41) is 10.1. The zero-order valence-electron chi connectivity index (χ0n) is 22.4. The van der Waals surface area contributed by atoms with Crippen molar-refractivity contribution in [2.75, 3.05) is 0 Å². The molecule has 194 valence electrons. The van der Waals surface area contributed by atoms with Gasteiger partial charge in [0.2, 0.25) is 0 Å². The summed E-state index contributed by atoms with van der Waals surface area (Å²) in [7, 11) is 0. The van der Waals surface area contributed by atoms with Gasteiger partial charge in [-0.15, -0.1) is 0 Å². The van der Waals surface area contributed by atoms with E-state index in [1.54, 1.807) is 13.3 Å². The molecular formula is C28H54O4Sn. The molecule has 0 radical (unpaired) electrons. The van der Waals surface area contributed by atoms with Crippen molar-refractivity contribution in [3.8, 4) is 0 Å². The zero-order chi connectivity index (χ0) is 25.0. The van der Waals surface area contributed by atoms with Crippen LogP contribution in [-0.2, 0) is 14.3 Å². The van der Waals surface area contributed by atoms with Crippen LogP contribution < -0.4 is 5.11 Å². The fraction of sp³-hybridized carbons (Fsp3) is 0.857. The Morgan fingerprint density at radius 3 is 1.58 bits per heavy atom. The van der Waals surface area contributed by atoms with Crippen molar-refractivity contribution in [3.05, 3.63) is 12.3 Å². The monoisotopic (exact) mass is 574 g/mol. The van der Waals surface area contributed by atoms with Gasteiger partial charge in [0.25, 0.3) is 0 Å². The van der Waals surface area contributed by atoms with Crippen LogP contribution in [0.3, 0.4) is 0 Å². The van der Waals surface area contributed by atoms with Crippen molar-refractivity contribution in [3.63, 3.8) is 0 Å². The number of aliphatic carboxylic acids is 1. The van der Waals surface area contributed by atoms with Crippen molar-refractivity contribution in [1.29, 1.82) is 0 Å². The number of carbonyl (C=O) groups excluding carboxylic acids is 2. The Bertz CT molecular complexity index is 432. The average molecular weight is 573 g/mol. The van der Waals surface area contributed by atoms with Crippen LogP contribution in [0.25, 0.3) is 0 Å². The number of esters is 1. The van der Waals surface area contributed by atoms with Crippen molar-refractivity contribution in [2.45, 2.75) is 150 Å². The van der Waals surface area contributed by atoms with Crippen LogP contribution >= 0.6 is 0 Å². The number of unbranched alkanes of at least 4 members (excludes halogenated alkanes) is 11. The van der Waals surface area contributed by atoms with E-state index in [0.29, 0.717) is 0 Å².